The summed E-state index contributed by atoms with van der Waals surface area (Å²) in [5, 5.41) is 2.76. The Labute approximate surface area is 61.7 Å². The molecule has 1 aromatic heterocycles. The van der Waals surface area contributed by atoms with Crippen molar-refractivity contribution in [3.63, 3.8) is 0 Å². The third-order valence-electron chi connectivity index (χ3n) is 1.64. The number of fused-ring (bicyclic) bond motifs is 1. The van der Waals surface area contributed by atoms with E-state index in [0.717, 1.165) is 6.20 Å². The molecule has 0 radical (unpaired) electrons. The Hall–Kier alpha value is -1.39. The molecular weight excluding hydrogens is 149 g/mol. The van der Waals surface area contributed by atoms with E-state index in [2.05, 4.69) is 10.3 Å². The maximum absolute atomic E-state index is 12.8. The van der Waals surface area contributed by atoms with Crippen molar-refractivity contribution < 1.29 is 4.39 Å². The van der Waals surface area contributed by atoms with Gasteiger partial charge in [0.15, 0.2) is 5.82 Å². The second kappa shape index (κ2) is 2.05. The monoisotopic (exact) mass is 155 g/mol. The summed E-state index contributed by atoms with van der Waals surface area (Å²) < 4.78 is 14.1. The molecule has 2 rings (SSSR count). The van der Waals surface area contributed by atoms with Gasteiger partial charge in [-0.15, -0.1) is 0 Å². The summed E-state index contributed by atoms with van der Waals surface area (Å²) in [7, 11) is 0. The number of hydrogen-bond donors (Lipinski definition) is 1. The van der Waals surface area contributed by atoms with Gasteiger partial charge < -0.3 is 5.32 Å². The van der Waals surface area contributed by atoms with Gasteiger partial charge in [0.05, 0.1) is 6.20 Å². The second-order valence-corrected chi connectivity index (χ2v) is 2.32. The summed E-state index contributed by atoms with van der Waals surface area (Å²) in [5.41, 5.74) is -0.397. The molecule has 4 nitrogen and oxygen atoms in total. The lowest BCUT2D eigenvalue weighted by molar-refractivity contribution is 0.599. The van der Waals surface area contributed by atoms with Gasteiger partial charge >= 0.3 is 5.69 Å². The third kappa shape index (κ3) is 0.806. The summed E-state index contributed by atoms with van der Waals surface area (Å²) in [6.45, 7) is 1.09. The first-order valence-electron chi connectivity index (χ1n) is 3.28. The van der Waals surface area contributed by atoms with E-state index in [0.29, 0.717) is 13.1 Å². The molecule has 5 heteroatoms. The molecular formula is C6H6FN3O. The fourth-order valence-corrected chi connectivity index (χ4v) is 1.14. The van der Waals surface area contributed by atoms with Crippen molar-refractivity contribution in [3.8, 4) is 0 Å². The van der Waals surface area contributed by atoms with Crippen molar-refractivity contribution in [1.29, 1.82) is 0 Å². The molecule has 1 aliphatic rings. The van der Waals surface area contributed by atoms with Gasteiger partial charge in [-0.05, 0) is 0 Å². The van der Waals surface area contributed by atoms with Crippen LogP contribution in [0.15, 0.2) is 11.0 Å². The maximum Gasteiger partial charge on any atom is 0.349 e. The lowest BCUT2D eigenvalue weighted by atomic mass is 10.5. The van der Waals surface area contributed by atoms with Crippen LogP contribution in [-0.2, 0) is 6.54 Å². The molecule has 0 unspecified atom stereocenters. The van der Waals surface area contributed by atoms with Crippen molar-refractivity contribution >= 4 is 5.82 Å². The average molecular weight is 155 g/mol. The topological polar surface area (TPSA) is 46.9 Å². The summed E-state index contributed by atoms with van der Waals surface area (Å²) in [4.78, 5) is 14.3. The molecule has 2 heterocycles. The predicted octanol–water partition coefficient (Wildman–Crippen LogP) is -0.192. The zero-order valence-corrected chi connectivity index (χ0v) is 5.67. The highest BCUT2D eigenvalue weighted by atomic mass is 19.1. The van der Waals surface area contributed by atoms with E-state index < -0.39 is 11.5 Å². The highest BCUT2D eigenvalue weighted by molar-refractivity contribution is 5.38. The molecule has 0 bridgehead atoms. The molecule has 0 saturated heterocycles. The summed E-state index contributed by atoms with van der Waals surface area (Å²) >= 11 is 0. The van der Waals surface area contributed by atoms with Gasteiger partial charge in [-0.25, -0.2) is 9.18 Å². The molecule has 0 atom stereocenters. The first kappa shape index (κ1) is 6.33. The van der Waals surface area contributed by atoms with Crippen LogP contribution in [0.2, 0.25) is 0 Å². The summed E-state index contributed by atoms with van der Waals surface area (Å²) in [5.74, 6) is -0.216. The van der Waals surface area contributed by atoms with Crippen LogP contribution in [-0.4, -0.2) is 16.1 Å². The average Bonchev–Trinajstić information content (AvgIpc) is 2.45. The van der Waals surface area contributed by atoms with E-state index in [1.807, 2.05) is 0 Å². The largest absolute Gasteiger partial charge is 0.367 e. The van der Waals surface area contributed by atoms with Gasteiger partial charge in [-0.1, -0.05) is 0 Å². The van der Waals surface area contributed by atoms with Crippen LogP contribution in [0.25, 0.3) is 0 Å². The molecule has 0 aliphatic carbocycles. The van der Waals surface area contributed by atoms with Crippen LogP contribution < -0.4 is 11.0 Å². The number of anilines is 1. The Morgan fingerprint density at radius 1 is 1.73 bits per heavy atom. The first-order chi connectivity index (χ1) is 5.29. The number of hydrogen-bond acceptors (Lipinski definition) is 3. The Bertz CT molecular complexity index is 346. The molecule has 0 saturated carbocycles. The zero-order valence-electron chi connectivity index (χ0n) is 5.67. The minimum Gasteiger partial charge on any atom is -0.367 e. The van der Waals surface area contributed by atoms with Gasteiger partial charge in [0.1, 0.15) is 5.82 Å². The number of rotatable bonds is 0. The van der Waals surface area contributed by atoms with Gasteiger partial charge in [-0.3, -0.25) is 4.57 Å². The third-order valence-corrected chi connectivity index (χ3v) is 1.64. The number of aromatic nitrogens is 2. The van der Waals surface area contributed by atoms with Crippen LogP contribution >= 0.6 is 0 Å². The Morgan fingerprint density at radius 2 is 2.55 bits per heavy atom. The van der Waals surface area contributed by atoms with Crippen LogP contribution in [0.4, 0.5) is 10.2 Å². The van der Waals surface area contributed by atoms with E-state index in [1.54, 1.807) is 0 Å². The number of nitrogens with zero attached hydrogens (tertiary/aromatic N) is 2. The Morgan fingerprint density at radius 3 is 3.27 bits per heavy atom. The highest BCUT2D eigenvalue weighted by Gasteiger charge is 2.15. The molecule has 58 valence electrons. The van der Waals surface area contributed by atoms with E-state index in [-0.39, 0.29) is 5.82 Å². The van der Waals surface area contributed by atoms with E-state index in [4.69, 9.17) is 0 Å². The number of halogens is 1. The van der Waals surface area contributed by atoms with Crippen molar-refractivity contribution in [2.45, 2.75) is 6.54 Å². The molecule has 0 amide bonds. The van der Waals surface area contributed by atoms with Crippen molar-refractivity contribution in [1.82, 2.24) is 9.55 Å². The lowest BCUT2D eigenvalue weighted by Crippen LogP contribution is -2.21. The van der Waals surface area contributed by atoms with Crippen LogP contribution in [0.5, 0.6) is 0 Å². The van der Waals surface area contributed by atoms with Crippen molar-refractivity contribution in [2.24, 2.45) is 0 Å². The molecule has 1 aliphatic heterocycles. The van der Waals surface area contributed by atoms with Crippen molar-refractivity contribution in [2.75, 3.05) is 11.9 Å². The van der Waals surface area contributed by atoms with E-state index in [9.17, 15) is 9.18 Å². The molecule has 1 aromatic rings. The SMILES string of the molecule is O=c1ncc(F)c2n1CCN2. The molecule has 0 spiro atoms. The van der Waals surface area contributed by atoms with Crippen LogP contribution in [0.1, 0.15) is 0 Å². The molecule has 11 heavy (non-hydrogen) atoms. The van der Waals surface area contributed by atoms with E-state index in [1.165, 1.54) is 4.57 Å². The minimum atomic E-state index is -0.470. The standard InChI is InChI=1S/C6H6FN3O/c7-4-3-9-6(11)10-2-1-8-5(4)10/h3,8H,1-2H2. The predicted molar refractivity (Wildman–Crippen MR) is 36.9 cm³/mol. The normalized spacial score (nSPS) is 14.3. The van der Waals surface area contributed by atoms with Gasteiger partial charge in [-0.2, -0.15) is 4.98 Å². The highest BCUT2D eigenvalue weighted by Crippen LogP contribution is 2.13. The van der Waals surface area contributed by atoms with Gasteiger partial charge in [0.2, 0.25) is 0 Å². The quantitative estimate of drug-likeness (QED) is 0.564. The van der Waals surface area contributed by atoms with E-state index >= 15 is 0 Å². The molecule has 1 N–H and O–H groups in total. The van der Waals surface area contributed by atoms with Gasteiger partial charge in [0.25, 0.3) is 0 Å². The minimum absolute atomic E-state index is 0.255. The second-order valence-electron chi connectivity index (χ2n) is 2.32. The first-order valence-corrected chi connectivity index (χ1v) is 3.28. The smallest absolute Gasteiger partial charge is 0.349 e. The number of nitrogens with one attached hydrogen (secondary N) is 1. The zero-order chi connectivity index (χ0) is 7.84. The fraction of sp³-hybridized carbons (Fsp3) is 0.333. The summed E-state index contributed by atoms with van der Waals surface area (Å²) in [6, 6.07) is 0. The maximum atomic E-state index is 12.8. The van der Waals surface area contributed by atoms with Crippen LogP contribution in [0.3, 0.4) is 0 Å². The molecule has 0 aromatic carbocycles. The Balaban J connectivity index is 2.74. The Kier molecular flexibility index (Phi) is 1.18. The van der Waals surface area contributed by atoms with Crippen LogP contribution in [0, 0.1) is 5.82 Å². The fourth-order valence-electron chi connectivity index (χ4n) is 1.14. The van der Waals surface area contributed by atoms with Gasteiger partial charge in [0, 0.05) is 13.1 Å². The van der Waals surface area contributed by atoms with Crippen molar-refractivity contribution in [3.05, 3.63) is 22.5 Å². The lowest BCUT2D eigenvalue weighted by Gasteiger charge is -1.99. The summed E-state index contributed by atoms with van der Waals surface area (Å²) in [6.07, 6.45) is 0.937. The molecule has 0 fully saturated rings.